The van der Waals surface area contributed by atoms with Crippen molar-refractivity contribution in [1.82, 2.24) is 5.32 Å². The molecule has 1 heterocycles. The number of nitrogens with one attached hydrogen (secondary N) is 1. The Hall–Kier alpha value is -1.43. The Morgan fingerprint density at radius 1 is 1.17 bits per heavy atom. The zero-order valence-corrected chi connectivity index (χ0v) is 14.3. The second-order valence-electron chi connectivity index (χ2n) is 6.33. The standard InChI is InChI=1S/C18H20F3NOS/c1-22-17-14(12-8-5-9-13(10-12)18(19,20)21)15(23)16(24-17)11-6-3-2-4-7-11/h5,8-11,16,22H,2-4,6-7H2,1H3. The number of alkyl halides is 3. The minimum Gasteiger partial charge on any atom is -0.382 e. The van der Waals surface area contributed by atoms with Crippen LogP contribution in [0.2, 0.25) is 0 Å². The second kappa shape index (κ2) is 6.82. The van der Waals surface area contributed by atoms with Crippen molar-refractivity contribution in [1.29, 1.82) is 0 Å². The van der Waals surface area contributed by atoms with Crippen LogP contribution in [0.1, 0.15) is 43.2 Å². The Balaban J connectivity index is 1.92. The van der Waals surface area contributed by atoms with Crippen LogP contribution in [0.25, 0.3) is 5.57 Å². The molecule has 3 rings (SSSR count). The third kappa shape index (κ3) is 3.34. The summed E-state index contributed by atoms with van der Waals surface area (Å²) in [6.45, 7) is 0. The van der Waals surface area contributed by atoms with E-state index >= 15 is 0 Å². The number of hydrogen-bond acceptors (Lipinski definition) is 3. The first-order valence-corrected chi connectivity index (χ1v) is 9.10. The van der Waals surface area contributed by atoms with Crippen molar-refractivity contribution in [3.8, 4) is 0 Å². The third-order valence-electron chi connectivity index (χ3n) is 4.76. The van der Waals surface area contributed by atoms with Crippen LogP contribution in [0.3, 0.4) is 0 Å². The molecule has 0 spiro atoms. The van der Waals surface area contributed by atoms with Gasteiger partial charge >= 0.3 is 6.18 Å². The molecular formula is C18H20F3NOS. The second-order valence-corrected chi connectivity index (χ2v) is 7.49. The minimum absolute atomic E-state index is 0.0319. The van der Waals surface area contributed by atoms with Crippen LogP contribution in [0, 0.1) is 5.92 Å². The first-order valence-electron chi connectivity index (χ1n) is 8.22. The summed E-state index contributed by atoms with van der Waals surface area (Å²) in [6.07, 6.45) is 1.10. The van der Waals surface area contributed by atoms with Gasteiger partial charge in [-0.1, -0.05) is 43.2 Å². The van der Waals surface area contributed by atoms with E-state index in [0.29, 0.717) is 22.1 Å². The van der Waals surface area contributed by atoms with Gasteiger partial charge in [0.1, 0.15) is 0 Å². The van der Waals surface area contributed by atoms with Crippen LogP contribution >= 0.6 is 11.8 Å². The maximum absolute atomic E-state index is 13.0. The van der Waals surface area contributed by atoms with E-state index in [0.717, 1.165) is 37.8 Å². The molecule has 0 bridgehead atoms. The summed E-state index contributed by atoms with van der Waals surface area (Å²) in [7, 11) is 1.71. The molecule has 6 heteroatoms. The third-order valence-corrected chi connectivity index (χ3v) is 6.26. The van der Waals surface area contributed by atoms with Crippen LogP contribution in [-0.4, -0.2) is 18.1 Å². The molecule has 1 unspecified atom stereocenters. The number of carbonyl (C=O) groups excluding carboxylic acids is 1. The van der Waals surface area contributed by atoms with Crippen molar-refractivity contribution in [2.45, 2.75) is 43.5 Å². The summed E-state index contributed by atoms with van der Waals surface area (Å²) < 4.78 is 38.9. The van der Waals surface area contributed by atoms with E-state index in [9.17, 15) is 18.0 Å². The molecule has 0 aromatic heterocycles. The van der Waals surface area contributed by atoms with Crippen LogP contribution in [0.4, 0.5) is 13.2 Å². The van der Waals surface area contributed by atoms with Gasteiger partial charge in [-0.15, -0.1) is 0 Å². The lowest BCUT2D eigenvalue weighted by Crippen LogP contribution is -2.26. The number of Topliss-reactive ketones (excluding diaryl/α,β-unsaturated/α-hetero) is 1. The SMILES string of the molecule is CNC1=C(c2cccc(C(F)(F)F)c2)C(=O)C(C2CCCCC2)S1. The number of rotatable bonds is 3. The molecule has 0 amide bonds. The average molecular weight is 355 g/mol. The molecule has 2 aliphatic rings. The number of allylic oxidation sites excluding steroid dienone is 1. The van der Waals surface area contributed by atoms with Crippen molar-refractivity contribution in [2.24, 2.45) is 5.92 Å². The quantitative estimate of drug-likeness (QED) is 0.840. The molecule has 1 aliphatic heterocycles. The maximum Gasteiger partial charge on any atom is 0.416 e. The van der Waals surface area contributed by atoms with Gasteiger partial charge < -0.3 is 5.32 Å². The van der Waals surface area contributed by atoms with E-state index in [1.165, 1.54) is 24.2 Å². The maximum atomic E-state index is 13.0. The lowest BCUT2D eigenvalue weighted by molar-refractivity contribution is -0.137. The largest absolute Gasteiger partial charge is 0.416 e. The number of hydrogen-bond donors (Lipinski definition) is 1. The van der Waals surface area contributed by atoms with E-state index in [-0.39, 0.29) is 11.0 Å². The van der Waals surface area contributed by atoms with E-state index in [4.69, 9.17) is 0 Å². The minimum atomic E-state index is -4.41. The summed E-state index contributed by atoms with van der Waals surface area (Å²) in [5.41, 5.74) is 0.0380. The lowest BCUT2D eigenvalue weighted by Gasteiger charge is -2.26. The Morgan fingerprint density at radius 2 is 1.88 bits per heavy atom. The van der Waals surface area contributed by atoms with Gasteiger partial charge in [-0.25, -0.2) is 0 Å². The number of halogens is 3. The molecule has 1 aromatic carbocycles. The van der Waals surface area contributed by atoms with Crippen LogP contribution in [0.15, 0.2) is 29.3 Å². The highest BCUT2D eigenvalue weighted by Gasteiger charge is 2.40. The molecule has 1 N–H and O–H groups in total. The molecule has 1 fully saturated rings. The first-order chi connectivity index (χ1) is 11.4. The van der Waals surface area contributed by atoms with Gasteiger partial charge in [0.15, 0.2) is 5.78 Å². The van der Waals surface area contributed by atoms with Gasteiger partial charge in [-0.2, -0.15) is 13.2 Å². The first kappa shape index (κ1) is 17.4. The summed E-state index contributed by atoms with van der Waals surface area (Å²) in [5, 5.41) is 3.53. The molecule has 1 aliphatic carbocycles. The van der Waals surface area contributed by atoms with Gasteiger partial charge in [0.25, 0.3) is 0 Å². The van der Waals surface area contributed by atoms with Gasteiger partial charge in [0.05, 0.1) is 21.4 Å². The molecule has 1 saturated carbocycles. The number of ketones is 1. The van der Waals surface area contributed by atoms with Crippen LogP contribution < -0.4 is 5.32 Å². The smallest absolute Gasteiger partial charge is 0.382 e. The van der Waals surface area contributed by atoms with E-state index in [2.05, 4.69) is 5.32 Å². The Morgan fingerprint density at radius 3 is 2.50 bits per heavy atom. The highest BCUT2D eigenvalue weighted by Crippen LogP contribution is 2.45. The fraction of sp³-hybridized carbons (Fsp3) is 0.500. The number of carbonyl (C=O) groups is 1. The predicted molar refractivity (Wildman–Crippen MR) is 90.4 cm³/mol. The van der Waals surface area contributed by atoms with Gasteiger partial charge in [-0.05, 0) is 36.5 Å². The highest BCUT2D eigenvalue weighted by molar-refractivity contribution is 8.05. The fourth-order valence-electron chi connectivity index (χ4n) is 3.55. The van der Waals surface area contributed by atoms with Gasteiger partial charge in [-0.3, -0.25) is 4.79 Å². The number of thioether (sulfide) groups is 1. The summed E-state index contributed by atoms with van der Waals surface area (Å²) >= 11 is 1.48. The van der Waals surface area contributed by atoms with Crippen molar-refractivity contribution in [3.05, 3.63) is 40.4 Å². The lowest BCUT2D eigenvalue weighted by atomic mass is 9.83. The monoisotopic (exact) mass is 355 g/mol. The summed E-state index contributed by atoms with van der Waals surface area (Å²) in [4.78, 5) is 12.9. The molecule has 0 radical (unpaired) electrons. The molecule has 24 heavy (non-hydrogen) atoms. The molecule has 130 valence electrons. The van der Waals surface area contributed by atoms with Crippen molar-refractivity contribution < 1.29 is 18.0 Å². The molecule has 2 nitrogen and oxygen atoms in total. The van der Waals surface area contributed by atoms with E-state index < -0.39 is 11.7 Å². The van der Waals surface area contributed by atoms with E-state index in [1.54, 1.807) is 13.1 Å². The summed E-state index contributed by atoms with van der Waals surface area (Å²) in [5.74, 6) is 0.290. The highest BCUT2D eigenvalue weighted by atomic mass is 32.2. The molecule has 1 aromatic rings. The molecular weight excluding hydrogens is 335 g/mol. The Bertz CT molecular complexity index is 662. The normalized spacial score (nSPS) is 23.0. The molecule has 1 atom stereocenters. The fourth-order valence-corrected chi connectivity index (χ4v) is 4.95. The van der Waals surface area contributed by atoms with E-state index in [1.807, 2.05) is 0 Å². The van der Waals surface area contributed by atoms with Gasteiger partial charge in [0, 0.05) is 7.05 Å². The molecule has 0 saturated heterocycles. The van der Waals surface area contributed by atoms with Crippen molar-refractivity contribution in [3.63, 3.8) is 0 Å². The zero-order chi connectivity index (χ0) is 17.3. The Labute approximate surface area is 143 Å². The predicted octanol–water partition coefficient (Wildman–Crippen LogP) is 4.86. The van der Waals surface area contributed by atoms with Crippen LogP contribution in [0.5, 0.6) is 0 Å². The number of benzene rings is 1. The zero-order valence-electron chi connectivity index (χ0n) is 13.5. The van der Waals surface area contributed by atoms with Crippen LogP contribution in [-0.2, 0) is 11.0 Å². The Kier molecular flexibility index (Phi) is 4.95. The van der Waals surface area contributed by atoms with Crippen molar-refractivity contribution in [2.75, 3.05) is 7.05 Å². The summed E-state index contributed by atoms with van der Waals surface area (Å²) in [6, 6.07) is 5.07. The average Bonchev–Trinajstić information content (AvgIpc) is 2.91. The van der Waals surface area contributed by atoms with Crippen molar-refractivity contribution >= 4 is 23.1 Å². The topological polar surface area (TPSA) is 29.1 Å². The van der Waals surface area contributed by atoms with Gasteiger partial charge in [0.2, 0.25) is 0 Å².